The molecule has 1 fully saturated rings. The Labute approximate surface area is 66.4 Å². The second-order valence-corrected chi connectivity index (χ2v) is 2.96. The van der Waals surface area contributed by atoms with E-state index in [-0.39, 0.29) is 18.4 Å². The first-order chi connectivity index (χ1) is 5.24. The van der Waals surface area contributed by atoms with Gasteiger partial charge in [-0.25, -0.2) is 0 Å². The molecule has 0 aromatic rings. The van der Waals surface area contributed by atoms with Gasteiger partial charge in [0.15, 0.2) is 0 Å². The molecule has 2 unspecified atom stereocenters. The summed E-state index contributed by atoms with van der Waals surface area (Å²) in [6, 6.07) is 0. The van der Waals surface area contributed by atoms with Crippen LogP contribution in [0.4, 0.5) is 0 Å². The summed E-state index contributed by atoms with van der Waals surface area (Å²) >= 11 is 0. The summed E-state index contributed by atoms with van der Waals surface area (Å²) < 4.78 is 5.35. The Morgan fingerprint density at radius 3 is 3.00 bits per heavy atom. The van der Waals surface area contributed by atoms with Crippen molar-refractivity contribution in [2.24, 2.45) is 5.92 Å². The van der Waals surface area contributed by atoms with Gasteiger partial charge in [-0.1, -0.05) is 6.92 Å². The highest BCUT2D eigenvalue weighted by atomic mass is 16.5. The first-order valence-electron chi connectivity index (χ1n) is 4.07. The third-order valence-electron chi connectivity index (χ3n) is 2.19. The predicted octanol–water partition coefficient (Wildman–Crippen LogP) is 1.28. The number of carboxylic acid groups (broad SMARTS) is 1. The summed E-state index contributed by atoms with van der Waals surface area (Å²) in [5.74, 6) is -0.462. The zero-order chi connectivity index (χ0) is 8.27. The lowest BCUT2D eigenvalue weighted by Crippen LogP contribution is -2.17. The number of aliphatic carboxylic acids is 1. The maximum Gasteiger partial charge on any atom is 0.303 e. The van der Waals surface area contributed by atoms with Crippen LogP contribution in [0.25, 0.3) is 0 Å². The van der Waals surface area contributed by atoms with Crippen molar-refractivity contribution in [2.75, 3.05) is 6.61 Å². The van der Waals surface area contributed by atoms with Crippen molar-refractivity contribution in [3.8, 4) is 0 Å². The Kier molecular flexibility index (Phi) is 2.88. The van der Waals surface area contributed by atoms with Crippen LogP contribution in [0.3, 0.4) is 0 Å². The molecule has 0 bridgehead atoms. The molecule has 0 aromatic heterocycles. The number of hydrogen-bond donors (Lipinski definition) is 1. The fourth-order valence-electron chi connectivity index (χ4n) is 1.60. The standard InChI is InChI=1S/C8H14O3/c1-2-7-6(3-4-11-7)5-8(9)10/h6-7H,2-5H2,1H3,(H,9,10). The van der Waals surface area contributed by atoms with Crippen molar-refractivity contribution >= 4 is 5.97 Å². The SMILES string of the molecule is CCC1OCCC1CC(=O)O. The van der Waals surface area contributed by atoms with Gasteiger partial charge < -0.3 is 9.84 Å². The van der Waals surface area contributed by atoms with E-state index >= 15 is 0 Å². The number of ether oxygens (including phenoxy) is 1. The molecule has 64 valence electrons. The fourth-order valence-corrected chi connectivity index (χ4v) is 1.60. The third-order valence-corrected chi connectivity index (χ3v) is 2.19. The van der Waals surface area contributed by atoms with Gasteiger partial charge in [0.25, 0.3) is 0 Å². The van der Waals surface area contributed by atoms with Crippen molar-refractivity contribution in [3.63, 3.8) is 0 Å². The van der Waals surface area contributed by atoms with Crippen LogP contribution in [0, 0.1) is 5.92 Å². The Hall–Kier alpha value is -0.570. The maximum atomic E-state index is 10.4. The van der Waals surface area contributed by atoms with E-state index in [0.29, 0.717) is 0 Å². The molecule has 0 aromatic carbocycles. The van der Waals surface area contributed by atoms with Gasteiger partial charge in [0, 0.05) is 6.61 Å². The van der Waals surface area contributed by atoms with Crippen molar-refractivity contribution in [1.29, 1.82) is 0 Å². The molecule has 1 N–H and O–H groups in total. The minimum Gasteiger partial charge on any atom is -0.481 e. The van der Waals surface area contributed by atoms with Gasteiger partial charge in [0.1, 0.15) is 0 Å². The van der Waals surface area contributed by atoms with E-state index < -0.39 is 5.97 Å². The maximum absolute atomic E-state index is 10.4. The second-order valence-electron chi connectivity index (χ2n) is 2.96. The van der Waals surface area contributed by atoms with Gasteiger partial charge >= 0.3 is 5.97 Å². The van der Waals surface area contributed by atoms with E-state index in [9.17, 15) is 4.79 Å². The minimum absolute atomic E-state index is 0.186. The highest BCUT2D eigenvalue weighted by Gasteiger charge is 2.28. The van der Waals surface area contributed by atoms with Gasteiger partial charge in [-0.05, 0) is 18.8 Å². The Bertz CT molecular complexity index is 144. The lowest BCUT2D eigenvalue weighted by molar-refractivity contribution is -0.138. The monoisotopic (exact) mass is 158 g/mol. The summed E-state index contributed by atoms with van der Waals surface area (Å²) in [4.78, 5) is 10.4. The van der Waals surface area contributed by atoms with Crippen molar-refractivity contribution < 1.29 is 14.6 Å². The molecule has 0 saturated carbocycles. The molecular weight excluding hydrogens is 144 g/mol. The van der Waals surface area contributed by atoms with Gasteiger partial charge in [0.05, 0.1) is 12.5 Å². The Balaban J connectivity index is 2.37. The first-order valence-corrected chi connectivity index (χ1v) is 4.07. The molecule has 0 amide bonds. The molecule has 11 heavy (non-hydrogen) atoms. The second kappa shape index (κ2) is 3.72. The van der Waals surface area contributed by atoms with Gasteiger partial charge in [-0.2, -0.15) is 0 Å². The van der Waals surface area contributed by atoms with Crippen molar-refractivity contribution in [3.05, 3.63) is 0 Å². The summed E-state index contributed by atoms with van der Waals surface area (Å²) in [7, 11) is 0. The normalized spacial score (nSPS) is 30.6. The molecule has 1 aliphatic rings. The molecule has 3 nitrogen and oxygen atoms in total. The molecule has 3 heteroatoms. The van der Waals surface area contributed by atoms with Crippen LogP contribution in [0.2, 0.25) is 0 Å². The van der Waals surface area contributed by atoms with Crippen molar-refractivity contribution in [1.82, 2.24) is 0 Å². The quantitative estimate of drug-likeness (QED) is 0.673. The average Bonchev–Trinajstić information content (AvgIpc) is 2.34. The van der Waals surface area contributed by atoms with E-state index in [1.807, 2.05) is 6.92 Å². The molecule has 1 rings (SSSR count). The molecule has 0 radical (unpaired) electrons. The van der Waals surface area contributed by atoms with Crippen LogP contribution in [-0.4, -0.2) is 23.8 Å². The van der Waals surface area contributed by atoms with E-state index in [4.69, 9.17) is 9.84 Å². The molecule has 1 heterocycles. The fraction of sp³-hybridized carbons (Fsp3) is 0.875. The summed E-state index contributed by atoms with van der Waals surface area (Å²) in [5.41, 5.74) is 0. The molecule has 0 aliphatic carbocycles. The van der Waals surface area contributed by atoms with Crippen LogP contribution >= 0.6 is 0 Å². The summed E-state index contributed by atoms with van der Waals surface area (Å²) in [5, 5.41) is 8.53. The highest BCUT2D eigenvalue weighted by molar-refractivity contribution is 5.67. The van der Waals surface area contributed by atoms with E-state index in [1.54, 1.807) is 0 Å². The van der Waals surface area contributed by atoms with E-state index in [1.165, 1.54) is 0 Å². The summed E-state index contributed by atoms with van der Waals surface area (Å²) in [6.07, 6.45) is 2.28. The molecule has 2 atom stereocenters. The Morgan fingerprint density at radius 2 is 2.45 bits per heavy atom. The zero-order valence-corrected chi connectivity index (χ0v) is 6.75. The smallest absolute Gasteiger partial charge is 0.303 e. The topological polar surface area (TPSA) is 46.5 Å². The lowest BCUT2D eigenvalue weighted by atomic mass is 9.96. The van der Waals surface area contributed by atoms with Crippen LogP contribution in [0.1, 0.15) is 26.2 Å². The van der Waals surface area contributed by atoms with E-state index in [0.717, 1.165) is 19.4 Å². The molecular formula is C8H14O3. The number of carbonyl (C=O) groups is 1. The minimum atomic E-state index is -0.709. The first kappa shape index (κ1) is 8.53. The number of rotatable bonds is 3. The Morgan fingerprint density at radius 1 is 1.73 bits per heavy atom. The van der Waals surface area contributed by atoms with Gasteiger partial charge in [-0.15, -0.1) is 0 Å². The van der Waals surface area contributed by atoms with Gasteiger partial charge in [-0.3, -0.25) is 4.79 Å². The lowest BCUT2D eigenvalue weighted by Gasteiger charge is -2.13. The molecule has 1 saturated heterocycles. The average molecular weight is 158 g/mol. The zero-order valence-electron chi connectivity index (χ0n) is 6.75. The van der Waals surface area contributed by atoms with Gasteiger partial charge in [0.2, 0.25) is 0 Å². The van der Waals surface area contributed by atoms with Crippen LogP contribution in [-0.2, 0) is 9.53 Å². The van der Waals surface area contributed by atoms with Crippen LogP contribution in [0.15, 0.2) is 0 Å². The third kappa shape index (κ3) is 2.19. The summed E-state index contributed by atoms with van der Waals surface area (Å²) in [6.45, 7) is 2.77. The number of carboxylic acids is 1. The largest absolute Gasteiger partial charge is 0.481 e. The number of hydrogen-bond acceptors (Lipinski definition) is 2. The highest BCUT2D eigenvalue weighted by Crippen LogP contribution is 2.25. The van der Waals surface area contributed by atoms with Crippen molar-refractivity contribution in [2.45, 2.75) is 32.3 Å². The van der Waals surface area contributed by atoms with Crippen LogP contribution in [0.5, 0.6) is 0 Å². The van der Waals surface area contributed by atoms with E-state index in [2.05, 4.69) is 0 Å². The molecule has 0 spiro atoms. The van der Waals surface area contributed by atoms with Crippen LogP contribution < -0.4 is 0 Å². The molecule has 1 aliphatic heterocycles. The predicted molar refractivity (Wildman–Crippen MR) is 40.4 cm³/mol.